The molecule has 0 radical (unpaired) electrons. The van der Waals surface area contributed by atoms with Gasteiger partial charge in [-0.05, 0) is 89.1 Å². The Labute approximate surface area is 193 Å². The van der Waals surface area contributed by atoms with E-state index in [9.17, 15) is 4.79 Å². The highest BCUT2D eigenvalue weighted by Gasteiger charge is 2.32. The minimum absolute atomic E-state index is 0.123. The molecule has 3 rings (SSSR count). The van der Waals surface area contributed by atoms with Gasteiger partial charge in [-0.25, -0.2) is 0 Å². The minimum Gasteiger partial charge on any atom is -0.462 e. The summed E-state index contributed by atoms with van der Waals surface area (Å²) in [6, 6.07) is 0.741. The molecule has 180 valence electrons. The molecule has 0 aromatic rings. The van der Waals surface area contributed by atoms with Gasteiger partial charge in [-0.3, -0.25) is 4.79 Å². The van der Waals surface area contributed by atoms with E-state index in [0.29, 0.717) is 0 Å². The lowest BCUT2D eigenvalue weighted by atomic mass is 9.80. The molecule has 3 heteroatoms. The SMILES string of the molecule is CCCCCCCC1CCN([C@H]2CC[C@H](OC(=O)C3CCC(CCC)CC3)CC2)CC1. The van der Waals surface area contributed by atoms with Gasteiger partial charge in [-0.1, -0.05) is 65.2 Å². The highest BCUT2D eigenvalue weighted by molar-refractivity contribution is 5.72. The van der Waals surface area contributed by atoms with E-state index in [1.807, 2.05) is 0 Å². The van der Waals surface area contributed by atoms with Gasteiger partial charge in [-0.2, -0.15) is 0 Å². The lowest BCUT2D eigenvalue weighted by Gasteiger charge is -2.41. The van der Waals surface area contributed by atoms with Crippen LogP contribution in [-0.4, -0.2) is 36.1 Å². The zero-order valence-electron chi connectivity index (χ0n) is 20.8. The lowest BCUT2D eigenvalue weighted by Crippen LogP contribution is -2.44. The van der Waals surface area contributed by atoms with Gasteiger partial charge < -0.3 is 9.64 Å². The molecule has 2 aliphatic carbocycles. The van der Waals surface area contributed by atoms with Crippen molar-refractivity contribution in [3.8, 4) is 0 Å². The average molecular weight is 434 g/mol. The van der Waals surface area contributed by atoms with Gasteiger partial charge in [0.1, 0.15) is 6.10 Å². The van der Waals surface area contributed by atoms with Crippen LogP contribution in [0, 0.1) is 17.8 Å². The van der Waals surface area contributed by atoms with Gasteiger partial charge in [0.05, 0.1) is 5.92 Å². The highest BCUT2D eigenvalue weighted by Crippen LogP contribution is 2.34. The Morgan fingerprint density at radius 1 is 0.710 bits per heavy atom. The first-order valence-corrected chi connectivity index (χ1v) is 14.1. The molecule has 0 bridgehead atoms. The van der Waals surface area contributed by atoms with Gasteiger partial charge in [0.15, 0.2) is 0 Å². The van der Waals surface area contributed by atoms with Crippen molar-refractivity contribution in [2.45, 2.75) is 142 Å². The Kier molecular flexibility index (Phi) is 11.2. The number of nitrogens with zero attached hydrogens (tertiary/aromatic N) is 1. The van der Waals surface area contributed by atoms with Crippen LogP contribution >= 0.6 is 0 Å². The van der Waals surface area contributed by atoms with Gasteiger partial charge in [-0.15, -0.1) is 0 Å². The summed E-state index contributed by atoms with van der Waals surface area (Å²) < 4.78 is 5.99. The Morgan fingerprint density at radius 3 is 2.00 bits per heavy atom. The van der Waals surface area contributed by atoms with Crippen LogP contribution < -0.4 is 0 Å². The minimum atomic E-state index is 0.123. The van der Waals surface area contributed by atoms with Crippen LogP contribution in [0.5, 0.6) is 0 Å². The maximum atomic E-state index is 12.7. The summed E-state index contributed by atoms with van der Waals surface area (Å²) in [4.78, 5) is 15.4. The summed E-state index contributed by atoms with van der Waals surface area (Å²) >= 11 is 0. The molecule has 3 fully saturated rings. The molecule has 0 spiro atoms. The number of likely N-dealkylation sites (tertiary alicyclic amines) is 1. The molecule has 0 atom stereocenters. The Bertz CT molecular complexity index is 483. The first-order valence-electron chi connectivity index (χ1n) is 14.1. The fraction of sp³-hybridized carbons (Fsp3) is 0.964. The van der Waals surface area contributed by atoms with Crippen molar-refractivity contribution in [3.63, 3.8) is 0 Å². The van der Waals surface area contributed by atoms with Crippen molar-refractivity contribution in [1.29, 1.82) is 0 Å². The quantitative estimate of drug-likeness (QED) is 0.249. The molecule has 1 aliphatic heterocycles. The number of piperidine rings is 1. The number of rotatable bonds is 11. The summed E-state index contributed by atoms with van der Waals surface area (Å²) in [5.41, 5.74) is 0. The van der Waals surface area contributed by atoms with Crippen molar-refractivity contribution >= 4 is 5.97 Å². The third-order valence-corrected chi connectivity index (χ3v) is 8.69. The molecule has 0 amide bonds. The fourth-order valence-corrected chi connectivity index (χ4v) is 6.53. The van der Waals surface area contributed by atoms with Crippen molar-refractivity contribution in [3.05, 3.63) is 0 Å². The molecule has 3 nitrogen and oxygen atoms in total. The maximum Gasteiger partial charge on any atom is 0.309 e. The van der Waals surface area contributed by atoms with Crippen molar-refractivity contribution in [2.24, 2.45) is 17.8 Å². The zero-order valence-corrected chi connectivity index (χ0v) is 20.8. The second-order valence-corrected chi connectivity index (χ2v) is 11.1. The number of carbonyl (C=O) groups excluding carboxylic acids is 1. The molecule has 0 unspecified atom stereocenters. The van der Waals surface area contributed by atoms with Crippen LogP contribution in [0.25, 0.3) is 0 Å². The maximum absolute atomic E-state index is 12.7. The normalized spacial score (nSPS) is 30.9. The molecular formula is C28H51NO2. The van der Waals surface area contributed by atoms with E-state index in [0.717, 1.165) is 43.6 Å². The van der Waals surface area contributed by atoms with Gasteiger partial charge >= 0.3 is 5.97 Å². The molecule has 2 saturated carbocycles. The summed E-state index contributed by atoms with van der Waals surface area (Å²) in [7, 11) is 0. The van der Waals surface area contributed by atoms with E-state index in [1.165, 1.54) is 103 Å². The standard InChI is InChI=1S/C28H51NO2/c1-3-5-6-7-8-10-24-19-21-29(22-20-24)26-15-17-27(18-16-26)31-28(30)25-13-11-23(9-4-2)12-14-25/h23-27H,3-22H2,1-2H3/t23?,25?,26-,27-. The molecule has 0 aromatic heterocycles. The number of hydrogen-bond donors (Lipinski definition) is 0. The van der Waals surface area contributed by atoms with Gasteiger partial charge in [0.25, 0.3) is 0 Å². The van der Waals surface area contributed by atoms with E-state index in [4.69, 9.17) is 4.74 Å². The predicted octanol–water partition coefficient (Wildman–Crippen LogP) is 7.52. The number of carbonyl (C=O) groups is 1. The van der Waals surface area contributed by atoms with Crippen LogP contribution in [0.2, 0.25) is 0 Å². The molecule has 1 heterocycles. The van der Waals surface area contributed by atoms with Crippen LogP contribution in [0.1, 0.15) is 129 Å². The average Bonchev–Trinajstić information content (AvgIpc) is 2.81. The number of esters is 1. The first-order chi connectivity index (χ1) is 15.2. The largest absolute Gasteiger partial charge is 0.462 e. The van der Waals surface area contributed by atoms with E-state index in [2.05, 4.69) is 18.7 Å². The highest BCUT2D eigenvalue weighted by atomic mass is 16.5. The summed E-state index contributed by atoms with van der Waals surface area (Å²) in [5.74, 6) is 2.14. The second-order valence-electron chi connectivity index (χ2n) is 11.1. The molecule has 3 aliphatic rings. The third-order valence-electron chi connectivity index (χ3n) is 8.69. The topological polar surface area (TPSA) is 29.5 Å². The van der Waals surface area contributed by atoms with E-state index < -0.39 is 0 Å². The number of unbranched alkanes of at least 4 members (excludes halogenated alkanes) is 4. The monoisotopic (exact) mass is 433 g/mol. The van der Waals surface area contributed by atoms with Gasteiger partial charge in [0, 0.05) is 6.04 Å². The second kappa shape index (κ2) is 13.9. The van der Waals surface area contributed by atoms with Crippen LogP contribution in [0.15, 0.2) is 0 Å². The van der Waals surface area contributed by atoms with Crippen molar-refractivity contribution in [1.82, 2.24) is 4.90 Å². The van der Waals surface area contributed by atoms with Gasteiger partial charge in [0.2, 0.25) is 0 Å². The van der Waals surface area contributed by atoms with E-state index in [-0.39, 0.29) is 18.0 Å². The number of hydrogen-bond acceptors (Lipinski definition) is 3. The van der Waals surface area contributed by atoms with Crippen molar-refractivity contribution < 1.29 is 9.53 Å². The fourth-order valence-electron chi connectivity index (χ4n) is 6.53. The smallest absolute Gasteiger partial charge is 0.309 e. The van der Waals surface area contributed by atoms with Crippen molar-refractivity contribution in [2.75, 3.05) is 13.1 Å². The van der Waals surface area contributed by atoms with Crippen LogP contribution in [0.4, 0.5) is 0 Å². The molecule has 31 heavy (non-hydrogen) atoms. The van der Waals surface area contributed by atoms with E-state index in [1.54, 1.807) is 0 Å². The zero-order chi connectivity index (χ0) is 21.9. The molecule has 0 aromatic carbocycles. The molecular weight excluding hydrogens is 382 g/mol. The Hall–Kier alpha value is -0.570. The summed E-state index contributed by atoms with van der Waals surface area (Å²) in [6.45, 7) is 7.17. The Morgan fingerprint density at radius 2 is 1.35 bits per heavy atom. The third kappa shape index (κ3) is 8.37. The predicted molar refractivity (Wildman–Crippen MR) is 130 cm³/mol. The molecule has 1 saturated heterocycles. The lowest BCUT2D eigenvalue weighted by molar-refractivity contribution is -0.157. The van der Waals surface area contributed by atoms with Crippen LogP contribution in [0.3, 0.4) is 0 Å². The Balaban J connectivity index is 1.27. The van der Waals surface area contributed by atoms with E-state index >= 15 is 0 Å². The number of ether oxygens (including phenoxy) is 1. The van der Waals surface area contributed by atoms with Crippen LogP contribution in [-0.2, 0) is 9.53 Å². The molecule has 0 N–H and O–H groups in total. The summed E-state index contributed by atoms with van der Waals surface area (Å²) in [6.07, 6.45) is 23.4. The summed E-state index contributed by atoms with van der Waals surface area (Å²) in [5, 5.41) is 0. The first kappa shape index (κ1) is 25.1.